The minimum atomic E-state index is 0.679. The van der Waals surface area contributed by atoms with Crippen LogP contribution in [0.4, 0.5) is 11.5 Å². The Morgan fingerprint density at radius 3 is 2.53 bits per heavy atom. The molecule has 0 aliphatic rings. The van der Waals surface area contributed by atoms with Gasteiger partial charge in [-0.05, 0) is 35.0 Å². The molecule has 5 nitrogen and oxygen atoms in total. The van der Waals surface area contributed by atoms with Crippen molar-refractivity contribution in [2.45, 2.75) is 6.92 Å². The zero-order chi connectivity index (χ0) is 13.8. The lowest BCUT2D eigenvalue weighted by molar-refractivity contribution is 0.405. The van der Waals surface area contributed by atoms with Gasteiger partial charge in [0.05, 0.1) is 19.9 Å². The lowest BCUT2D eigenvalue weighted by atomic mass is 10.2. The molecule has 0 aliphatic carbocycles. The number of hydrogen-bond donors (Lipinski definition) is 1. The van der Waals surface area contributed by atoms with Crippen LogP contribution in [0.25, 0.3) is 0 Å². The SMILES string of the molecule is COc1ccc(OC)c(Nc2cc(Br)nc(C)n2)c1. The maximum Gasteiger partial charge on any atom is 0.142 e. The van der Waals surface area contributed by atoms with Gasteiger partial charge in [-0.25, -0.2) is 9.97 Å². The van der Waals surface area contributed by atoms with Gasteiger partial charge in [0, 0.05) is 12.1 Å². The highest BCUT2D eigenvalue weighted by atomic mass is 79.9. The van der Waals surface area contributed by atoms with Crippen LogP contribution in [0.1, 0.15) is 5.82 Å². The Morgan fingerprint density at radius 2 is 1.89 bits per heavy atom. The first-order valence-corrected chi connectivity index (χ1v) is 6.42. The maximum absolute atomic E-state index is 5.30. The van der Waals surface area contributed by atoms with Crippen molar-refractivity contribution in [2.75, 3.05) is 19.5 Å². The number of hydrogen-bond acceptors (Lipinski definition) is 5. The van der Waals surface area contributed by atoms with Crippen molar-refractivity contribution in [2.24, 2.45) is 0 Å². The summed E-state index contributed by atoms with van der Waals surface area (Å²) in [6.45, 7) is 1.83. The standard InChI is InChI=1S/C13H14BrN3O2/c1-8-15-12(14)7-13(16-8)17-10-6-9(18-2)4-5-11(10)19-3/h4-7H,1-3H3,(H,15,16,17). The van der Waals surface area contributed by atoms with Gasteiger partial charge in [0.25, 0.3) is 0 Å². The molecule has 0 radical (unpaired) electrons. The zero-order valence-corrected chi connectivity index (χ0v) is 12.5. The minimum Gasteiger partial charge on any atom is -0.497 e. The van der Waals surface area contributed by atoms with Crippen molar-refractivity contribution in [3.8, 4) is 11.5 Å². The van der Waals surface area contributed by atoms with Crippen LogP contribution >= 0.6 is 15.9 Å². The van der Waals surface area contributed by atoms with Crippen LogP contribution in [0.2, 0.25) is 0 Å². The molecule has 0 amide bonds. The minimum absolute atomic E-state index is 0.679. The van der Waals surface area contributed by atoms with Crippen LogP contribution in [0, 0.1) is 6.92 Å². The number of nitrogens with zero attached hydrogens (tertiary/aromatic N) is 2. The fraction of sp³-hybridized carbons (Fsp3) is 0.231. The molecule has 0 spiro atoms. The molecule has 2 rings (SSSR count). The van der Waals surface area contributed by atoms with Crippen molar-refractivity contribution in [1.29, 1.82) is 0 Å². The van der Waals surface area contributed by atoms with Gasteiger partial charge in [0.2, 0.25) is 0 Å². The molecule has 0 aliphatic heterocycles. The van der Waals surface area contributed by atoms with Crippen LogP contribution in [0.5, 0.6) is 11.5 Å². The summed E-state index contributed by atoms with van der Waals surface area (Å²) in [4.78, 5) is 8.47. The first-order chi connectivity index (χ1) is 9.12. The molecule has 0 saturated carbocycles. The second-order valence-electron chi connectivity index (χ2n) is 3.81. The number of ether oxygens (including phenoxy) is 2. The Hall–Kier alpha value is -1.82. The molecule has 0 fully saturated rings. The Kier molecular flexibility index (Phi) is 4.21. The lowest BCUT2D eigenvalue weighted by Gasteiger charge is -2.12. The molecule has 0 bridgehead atoms. The maximum atomic E-state index is 5.30. The fourth-order valence-electron chi connectivity index (χ4n) is 1.65. The average molecular weight is 324 g/mol. The van der Waals surface area contributed by atoms with Gasteiger partial charge in [-0.15, -0.1) is 0 Å². The number of anilines is 2. The first kappa shape index (κ1) is 13.6. The highest BCUT2D eigenvalue weighted by Crippen LogP contribution is 2.31. The third-order valence-electron chi connectivity index (χ3n) is 2.48. The van der Waals surface area contributed by atoms with Crippen LogP contribution in [-0.4, -0.2) is 24.2 Å². The van der Waals surface area contributed by atoms with Gasteiger partial charge in [0.1, 0.15) is 27.7 Å². The zero-order valence-electron chi connectivity index (χ0n) is 10.9. The van der Waals surface area contributed by atoms with E-state index in [1.165, 1.54) is 0 Å². The summed E-state index contributed by atoms with van der Waals surface area (Å²) in [7, 11) is 3.24. The summed E-state index contributed by atoms with van der Waals surface area (Å²) in [5, 5.41) is 3.19. The van der Waals surface area contributed by atoms with Crippen LogP contribution < -0.4 is 14.8 Å². The summed E-state index contributed by atoms with van der Waals surface area (Å²) < 4.78 is 11.2. The molecule has 1 N–H and O–H groups in total. The Labute approximate surface area is 120 Å². The summed E-state index contributed by atoms with van der Waals surface area (Å²) in [5.41, 5.74) is 0.784. The molecule has 19 heavy (non-hydrogen) atoms. The van der Waals surface area contributed by atoms with E-state index in [0.29, 0.717) is 17.4 Å². The molecule has 1 heterocycles. The molecular weight excluding hydrogens is 310 g/mol. The molecule has 1 aromatic carbocycles. The summed E-state index contributed by atoms with van der Waals surface area (Å²) >= 11 is 3.34. The topological polar surface area (TPSA) is 56.3 Å². The van der Waals surface area contributed by atoms with E-state index in [4.69, 9.17) is 9.47 Å². The summed E-state index contributed by atoms with van der Waals surface area (Å²) in [6, 6.07) is 7.32. The monoisotopic (exact) mass is 323 g/mol. The molecule has 0 saturated heterocycles. The van der Waals surface area contributed by atoms with Gasteiger partial charge in [0.15, 0.2) is 0 Å². The van der Waals surface area contributed by atoms with Crippen molar-refractivity contribution >= 4 is 27.4 Å². The number of rotatable bonds is 4. The number of nitrogens with one attached hydrogen (secondary N) is 1. The highest BCUT2D eigenvalue weighted by molar-refractivity contribution is 9.10. The van der Waals surface area contributed by atoms with E-state index in [9.17, 15) is 0 Å². The fourth-order valence-corrected chi connectivity index (χ4v) is 2.12. The van der Waals surface area contributed by atoms with E-state index < -0.39 is 0 Å². The van der Waals surface area contributed by atoms with Gasteiger partial charge >= 0.3 is 0 Å². The predicted molar refractivity (Wildman–Crippen MR) is 77.3 cm³/mol. The number of benzene rings is 1. The average Bonchev–Trinajstić information content (AvgIpc) is 2.37. The van der Waals surface area contributed by atoms with Crippen LogP contribution in [0.15, 0.2) is 28.9 Å². The molecule has 2 aromatic rings. The van der Waals surface area contributed by atoms with E-state index >= 15 is 0 Å². The van der Waals surface area contributed by atoms with Gasteiger partial charge < -0.3 is 14.8 Å². The third-order valence-corrected chi connectivity index (χ3v) is 2.88. The Bertz CT molecular complexity index is 570. The van der Waals surface area contributed by atoms with Gasteiger partial charge in [-0.3, -0.25) is 0 Å². The molecule has 6 heteroatoms. The summed E-state index contributed by atoms with van der Waals surface area (Å²) in [6.07, 6.45) is 0. The Balaban J connectivity index is 2.35. The van der Waals surface area contributed by atoms with Crippen molar-refractivity contribution in [3.63, 3.8) is 0 Å². The number of halogens is 1. The Morgan fingerprint density at radius 1 is 1.11 bits per heavy atom. The smallest absolute Gasteiger partial charge is 0.142 e. The first-order valence-electron chi connectivity index (χ1n) is 5.62. The normalized spacial score (nSPS) is 10.1. The highest BCUT2D eigenvalue weighted by Gasteiger charge is 2.07. The second-order valence-corrected chi connectivity index (χ2v) is 4.63. The quantitative estimate of drug-likeness (QED) is 0.875. The number of methoxy groups -OCH3 is 2. The predicted octanol–water partition coefficient (Wildman–Crippen LogP) is 3.31. The molecule has 1 aromatic heterocycles. The number of aryl methyl sites for hydroxylation is 1. The van der Waals surface area contributed by atoms with Gasteiger partial charge in [-0.1, -0.05) is 0 Å². The van der Waals surface area contributed by atoms with Crippen molar-refractivity contribution in [1.82, 2.24) is 9.97 Å². The van der Waals surface area contributed by atoms with Crippen LogP contribution in [-0.2, 0) is 0 Å². The van der Waals surface area contributed by atoms with E-state index in [0.717, 1.165) is 16.0 Å². The van der Waals surface area contributed by atoms with Crippen molar-refractivity contribution in [3.05, 3.63) is 34.7 Å². The molecule has 100 valence electrons. The van der Waals surface area contributed by atoms with E-state index in [-0.39, 0.29) is 0 Å². The largest absolute Gasteiger partial charge is 0.497 e. The third kappa shape index (κ3) is 3.35. The number of aromatic nitrogens is 2. The molecule has 0 unspecified atom stereocenters. The van der Waals surface area contributed by atoms with E-state index in [2.05, 4.69) is 31.2 Å². The van der Waals surface area contributed by atoms with E-state index in [1.54, 1.807) is 20.3 Å². The molecular formula is C13H14BrN3O2. The van der Waals surface area contributed by atoms with Crippen LogP contribution in [0.3, 0.4) is 0 Å². The summed E-state index contributed by atoms with van der Waals surface area (Å²) in [5.74, 6) is 2.82. The second kappa shape index (κ2) is 5.88. The van der Waals surface area contributed by atoms with E-state index in [1.807, 2.05) is 25.1 Å². The van der Waals surface area contributed by atoms with Gasteiger partial charge in [-0.2, -0.15) is 0 Å². The molecule has 0 atom stereocenters. The van der Waals surface area contributed by atoms with Crippen molar-refractivity contribution < 1.29 is 9.47 Å². The lowest BCUT2D eigenvalue weighted by Crippen LogP contribution is -1.99.